The highest BCUT2D eigenvalue weighted by molar-refractivity contribution is 5.58. The maximum atomic E-state index is 12.9. The van der Waals surface area contributed by atoms with E-state index in [9.17, 15) is 4.39 Å². The summed E-state index contributed by atoms with van der Waals surface area (Å²) in [6.45, 7) is 1.42. The highest BCUT2D eigenvalue weighted by Gasteiger charge is 2.04. The molecule has 2 heterocycles. The Labute approximate surface area is 121 Å². The van der Waals surface area contributed by atoms with E-state index in [0.29, 0.717) is 6.54 Å². The molecular formula is C15H16FN5. The van der Waals surface area contributed by atoms with Gasteiger partial charge in [0.15, 0.2) is 0 Å². The number of benzene rings is 1. The van der Waals surface area contributed by atoms with Gasteiger partial charge in [0.1, 0.15) is 5.82 Å². The first-order chi connectivity index (χ1) is 10.2. The molecule has 1 aromatic carbocycles. The Morgan fingerprint density at radius 2 is 2.00 bits per heavy atom. The van der Waals surface area contributed by atoms with Gasteiger partial charge in [0, 0.05) is 37.6 Å². The highest BCUT2D eigenvalue weighted by Crippen LogP contribution is 2.17. The molecule has 0 aliphatic carbocycles. The summed E-state index contributed by atoms with van der Waals surface area (Å²) in [4.78, 5) is 0. The molecule has 0 atom stereocenters. The van der Waals surface area contributed by atoms with Crippen molar-refractivity contribution in [3.8, 4) is 11.3 Å². The fourth-order valence-corrected chi connectivity index (χ4v) is 2.12. The fourth-order valence-electron chi connectivity index (χ4n) is 2.12. The van der Waals surface area contributed by atoms with E-state index in [4.69, 9.17) is 0 Å². The summed E-state index contributed by atoms with van der Waals surface area (Å²) in [6.07, 6.45) is 1.78. The number of hydrogen-bond acceptors (Lipinski definition) is 3. The summed E-state index contributed by atoms with van der Waals surface area (Å²) in [5.41, 5.74) is 3.81. The fraction of sp³-hybridized carbons (Fsp3) is 0.200. The van der Waals surface area contributed by atoms with Crippen molar-refractivity contribution < 1.29 is 4.39 Å². The molecule has 0 radical (unpaired) electrons. The Kier molecular flexibility index (Phi) is 3.79. The molecule has 0 fully saturated rings. The molecule has 2 aromatic heterocycles. The van der Waals surface area contributed by atoms with Gasteiger partial charge in [-0.2, -0.15) is 10.2 Å². The van der Waals surface area contributed by atoms with Crippen LogP contribution >= 0.6 is 0 Å². The minimum Gasteiger partial charge on any atom is -0.306 e. The first-order valence-corrected chi connectivity index (χ1v) is 6.70. The van der Waals surface area contributed by atoms with Gasteiger partial charge in [-0.05, 0) is 36.4 Å². The smallest absolute Gasteiger partial charge is 0.123 e. The molecule has 0 aliphatic heterocycles. The molecule has 0 spiro atoms. The monoisotopic (exact) mass is 285 g/mol. The van der Waals surface area contributed by atoms with E-state index in [1.165, 1.54) is 12.1 Å². The summed E-state index contributed by atoms with van der Waals surface area (Å²) in [7, 11) is 1.92. The highest BCUT2D eigenvalue weighted by atomic mass is 19.1. The zero-order valence-electron chi connectivity index (χ0n) is 11.7. The summed E-state index contributed by atoms with van der Waals surface area (Å²) < 4.78 is 14.7. The molecule has 0 amide bonds. The second-order valence-corrected chi connectivity index (χ2v) is 4.84. The standard InChI is InChI=1S/C15H16FN5/c1-21-14(6-7-18-21)10-17-9-13-8-15(20-19-13)11-2-4-12(16)5-3-11/h2-8,17H,9-10H2,1H3,(H,19,20). The molecule has 0 saturated heterocycles. The van der Waals surface area contributed by atoms with Crippen LogP contribution in [-0.2, 0) is 20.1 Å². The number of H-pyrrole nitrogens is 1. The number of halogens is 1. The zero-order valence-corrected chi connectivity index (χ0v) is 11.7. The number of aromatic amines is 1. The second-order valence-electron chi connectivity index (χ2n) is 4.84. The Morgan fingerprint density at radius 1 is 1.19 bits per heavy atom. The van der Waals surface area contributed by atoms with Crippen molar-refractivity contribution in [2.45, 2.75) is 13.1 Å². The quantitative estimate of drug-likeness (QED) is 0.756. The SMILES string of the molecule is Cn1nccc1CNCc1cc(-c2ccc(F)cc2)n[nH]1. The van der Waals surface area contributed by atoms with Crippen molar-refractivity contribution in [2.75, 3.05) is 0 Å². The van der Waals surface area contributed by atoms with Gasteiger partial charge < -0.3 is 5.32 Å². The summed E-state index contributed by atoms with van der Waals surface area (Å²) >= 11 is 0. The van der Waals surface area contributed by atoms with Crippen LogP contribution in [-0.4, -0.2) is 20.0 Å². The van der Waals surface area contributed by atoms with Gasteiger partial charge in [-0.15, -0.1) is 0 Å². The van der Waals surface area contributed by atoms with Gasteiger partial charge in [0.05, 0.1) is 11.4 Å². The molecule has 3 aromatic rings. The number of hydrogen-bond donors (Lipinski definition) is 2. The van der Waals surface area contributed by atoms with Crippen LogP contribution in [0.4, 0.5) is 4.39 Å². The number of nitrogens with one attached hydrogen (secondary N) is 2. The van der Waals surface area contributed by atoms with Gasteiger partial charge >= 0.3 is 0 Å². The summed E-state index contributed by atoms with van der Waals surface area (Å²) in [5, 5.41) is 14.7. The van der Waals surface area contributed by atoms with Gasteiger partial charge in [-0.25, -0.2) is 4.39 Å². The van der Waals surface area contributed by atoms with E-state index >= 15 is 0 Å². The van der Waals surface area contributed by atoms with Crippen molar-refractivity contribution in [2.24, 2.45) is 7.05 Å². The van der Waals surface area contributed by atoms with Gasteiger partial charge in [0.25, 0.3) is 0 Å². The lowest BCUT2D eigenvalue weighted by Crippen LogP contribution is -2.15. The number of rotatable bonds is 5. The molecular weight excluding hydrogens is 269 g/mol. The third-order valence-electron chi connectivity index (χ3n) is 3.31. The van der Waals surface area contributed by atoms with Gasteiger partial charge in [-0.1, -0.05) is 0 Å². The zero-order chi connectivity index (χ0) is 14.7. The first-order valence-electron chi connectivity index (χ1n) is 6.70. The van der Waals surface area contributed by atoms with Crippen molar-refractivity contribution in [1.29, 1.82) is 0 Å². The lowest BCUT2D eigenvalue weighted by atomic mass is 10.1. The third kappa shape index (κ3) is 3.17. The van der Waals surface area contributed by atoms with Crippen molar-refractivity contribution in [3.05, 3.63) is 59.8 Å². The lowest BCUT2D eigenvalue weighted by Gasteiger charge is -2.03. The Bertz CT molecular complexity index is 714. The van der Waals surface area contributed by atoms with E-state index in [-0.39, 0.29) is 5.82 Å². The molecule has 21 heavy (non-hydrogen) atoms. The molecule has 108 valence electrons. The van der Waals surface area contributed by atoms with Crippen LogP contribution in [0.5, 0.6) is 0 Å². The molecule has 0 saturated carbocycles. The summed E-state index contributed by atoms with van der Waals surface area (Å²) in [6, 6.07) is 10.2. The molecule has 2 N–H and O–H groups in total. The van der Waals surface area contributed by atoms with Crippen molar-refractivity contribution >= 4 is 0 Å². The van der Waals surface area contributed by atoms with E-state index < -0.39 is 0 Å². The maximum Gasteiger partial charge on any atom is 0.123 e. The second kappa shape index (κ2) is 5.88. The number of nitrogens with zero attached hydrogens (tertiary/aromatic N) is 3. The van der Waals surface area contributed by atoms with Crippen LogP contribution < -0.4 is 5.32 Å². The van der Waals surface area contributed by atoms with Crippen molar-refractivity contribution in [3.63, 3.8) is 0 Å². The lowest BCUT2D eigenvalue weighted by molar-refractivity contribution is 0.619. The van der Waals surface area contributed by atoms with Crippen LogP contribution in [0.15, 0.2) is 42.6 Å². The predicted molar refractivity (Wildman–Crippen MR) is 77.7 cm³/mol. The minimum atomic E-state index is -0.243. The Balaban J connectivity index is 1.60. The maximum absolute atomic E-state index is 12.9. The van der Waals surface area contributed by atoms with Gasteiger partial charge in [0.2, 0.25) is 0 Å². The molecule has 0 aliphatic rings. The van der Waals surface area contributed by atoms with E-state index in [1.54, 1.807) is 18.3 Å². The third-order valence-corrected chi connectivity index (χ3v) is 3.31. The predicted octanol–water partition coefficient (Wildman–Crippen LogP) is 2.24. The van der Waals surface area contributed by atoms with Crippen LogP contribution in [0.2, 0.25) is 0 Å². The molecule has 0 bridgehead atoms. The van der Waals surface area contributed by atoms with Crippen LogP contribution in [0.1, 0.15) is 11.4 Å². The topological polar surface area (TPSA) is 58.5 Å². The molecule has 3 rings (SSSR count). The number of aromatic nitrogens is 4. The summed E-state index contributed by atoms with van der Waals surface area (Å²) in [5.74, 6) is -0.243. The average molecular weight is 285 g/mol. The van der Waals surface area contributed by atoms with E-state index in [2.05, 4.69) is 20.6 Å². The molecule has 0 unspecified atom stereocenters. The van der Waals surface area contributed by atoms with Gasteiger partial charge in [-0.3, -0.25) is 9.78 Å². The van der Waals surface area contributed by atoms with E-state index in [1.807, 2.05) is 23.9 Å². The molecule has 5 nitrogen and oxygen atoms in total. The van der Waals surface area contributed by atoms with Crippen LogP contribution in [0.3, 0.4) is 0 Å². The van der Waals surface area contributed by atoms with Crippen LogP contribution in [0.25, 0.3) is 11.3 Å². The molecule has 6 heteroatoms. The normalized spacial score (nSPS) is 11.0. The van der Waals surface area contributed by atoms with Crippen LogP contribution in [0, 0.1) is 5.82 Å². The Hall–Kier alpha value is -2.47. The number of aryl methyl sites for hydroxylation is 1. The average Bonchev–Trinajstić information content (AvgIpc) is 3.10. The first kappa shape index (κ1) is 13.5. The minimum absolute atomic E-state index is 0.243. The largest absolute Gasteiger partial charge is 0.306 e. The Morgan fingerprint density at radius 3 is 2.71 bits per heavy atom. The van der Waals surface area contributed by atoms with E-state index in [0.717, 1.165) is 29.2 Å². The van der Waals surface area contributed by atoms with Crippen molar-refractivity contribution in [1.82, 2.24) is 25.3 Å².